The van der Waals surface area contributed by atoms with Crippen molar-refractivity contribution in [2.24, 2.45) is 0 Å². The maximum Gasteiger partial charge on any atom is 0.233 e. The highest BCUT2D eigenvalue weighted by Gasteiger charge is 2.29. The van der Waals surface area contributed by atoms with Gasteiger partial charge >= 0.3 is 0 Å². The van der Waals surface area contributed by atoms with Crippen LogP contribution in [-0.2, 0) is 16.0 Å². The van der Waals surface area contributed by atoms with Crippen LogP contribution in [0.1, 0.15) is 5.56 Å². The summed E-state index contributed by atoms with van der Waals surface area (Å²) in [5.74, 6) is 0.998. The highest BCUT2D eigenvalue weighted by atomic mass is 16.2. The van der Waals surface area contributed by atoms with Crippen molar-refractivity contribution < 1.29 is 9.59 Å². The number of fused-ring (bicyclic) bond motifs is 1. The average Bonchev–Trinajstić information content (AvgIpc) is 2.76. The van der Waals surface area contributed by atoms with Crippen molar-refractivity contribution in [3.8, 4) is 11.4 Å². The maximum atomic E-state index is 11.8. The van der Waals surface area contributed by atoms with Crippen LogP contribution in [0.15, 0.2) is 36.5 Å². The van der Waals surface area contributed by atoms with Crippen molar-refractivity contribution in [2.45, 2.75) is 6.42 Å². The van der Waals surface area contributed by atoms with E-state index in [1.54, 1.807) is 6.20 Å². The molecule has 0 bridgehead atoms. The van der Waals surface area contributed by atoms with Gasteiger partial charge in [0.15, 0.2) is 5.82 Å². The number of carbonyl (C=O) groups excluding carboxylic acids is 2. The quantitative estimate of drug-likeness (QED) is 0.772. The highest BCUT2D eigenvalue weighted by Crippen LogP contribution is 2.27. The summed E-state index contributed by atoms with van der Waals surface area (Å²) in [6, 6.07) is 9.53. The van der Waals surface area contributed by atoms with Gasteiger partial charge in [-0.3, -0.25) is 9.69 Å². The van der Waals surface area contributed by atoms with Crippen LogP contribution in [0.5, 0.6) is 0 Å². The van der Waals surface area contributed by atoms with Crippen molar-refractivity contribution in [2.75, 3.05) is 11.4 Å². The molecule has 2 aromatic rings. The van der Waals surface area contributed by atoms with Crippen LogP contribution in [0, 0.1) is 0 Å². The molecule has 1 aromatic heterocycles. The normalized spacial score (nSPS) is 13.5. The van der Waals surface area contributed by atoms with Crippen LogP contribution in [0.4, 0.5) is 5.82 Å². The number of hydrogen-bond acceptors (Lipinski definition) is 4. The number of benzene rings is 1. The van der Waals surface area contributed by atoms with E-state index < -0.39 is 0 Å². The van der Waals surface area contributed by atoms with Crippen LogP contribution in [0.3, 0.4) is 0 Å². The molecule has 1 aromatic carbocycles. The van der Waals surface area contributed by atoms with E-state index in [9.17, 15) is 9.59 Å². The molecular formula is C14H11N3O2. The number of hydrogen-bond donors (Lipinski definition) is 0. The smallest absolute Gasteiger partial charge is 0.233 e. The Morgan fingerprint density at radius 2 is 2.05 bits per heavy atom. The zero-order chi connectivity index (χ0) is 13.2. The van der Waals surface area contributed by atoms with Crippen molar-refractivity contribution in [1.29, 1.82) is 0 Å². The molecule has 0 unspecified atom stereocenters. The standard InChI is InChI=1S/C14H11N3O2/c18-7-6-17-12(19)8-11-9-15-13(16-14(11)17)10-4-2-1-3-5-10/h1-5,7,9H,6,8H2. The van der Waals surface area contributed by atoms with E-state index in [1.165, 1.54) is 4.90 Å². The Balaban J connectivity index is 2.05. The summed E-state index contributed by atoms with van der Waals surface area (Å²) in [7, 11) is 0. The third-order valence-corrected chi connectivity index (χ3v) is 3.03. The molecule has 0 spiro atoms. The summed E-state index contributed by atoms with van der Waals surface area (Å²) in [5, 5.41) is 0. The van der Waals surface area contributed by atoms with E-state index in [2.05, 4.69) is 9.97 Å². The van der Waals surface area contributed by atoms with E-state index in [0.717, 1.165) is 11.1 Å². The van der Waals surface area contributed by atoms with Gasteiger partial charge < -0.3 is 4.79 Å². The fourth-order valence-corrected chi connectivity index (χ4v) is 2.12. The molecule has 0 fully saturated rings. The monoisotopic (exact) mass is 253 g/mol. The molecule has 2 heterocycles. The van der Waals surface area contributed by atoms with Gasteiger partial charge in [0.1, 0.15) is 12.1 Å². The number of rotatable bonds is 3. The molecule has 3 rings (SSSR count). The van der Waals surface area contributed by atoms with Crippen LogP contribution in [-0.4, -0.2) is 28.7 Å². The van der Waals surface area contributed by atoms with Gasteiger partial charge in [-0.05, 0) is 0 Å². The Hall–Kier alpha value is -2.56. The zero-order valence-electron chi connectivity index (χ0n) is 10.1. The summed E-state index contributed by atoms with van der Waals surface area (Å²) >= 11 is 0. The minimum atomic E-state index is -0.110. The van der Waals surface area contributed by atoms with E-state index in [4.69, 9.17) is 0 Å². The third kappa shape index (κ3) is 1.99. The molecule has 5 heteroatoms. The molecule has 1 amide bonds. The number of anilines is 1. The molecule has 0 aliphatic carbocycles. The molecule has 19 heavy (non-hydrogen) atoms. The first-order valence-electron chi connectivity index (χ1n) is 5.95. The topological polar surface area (TPSA) is 63.2 Å². The predicted molar refractivity (Wildman–Crippen MR) is 69.6 cm³/mol. The Kier molecular flexibility index (Phi) is 2.79. The van der Waals surface area contributed by atoms with E-state index in [1.807, 2.05) is 30.3 Å². The lowest BCUT2D eigenvalue weighted by molar-refractivity contribution is -0.118. The lowest BCUT2D eigenvalue weighted by Crippen LogP contribution is -2.29. The van der Waals surface area contributed by atoms with Crippen LogP contribution >= 0.6 is 0 Å². The molecule has 5 nitrogen and oxygen atoms in total. The Morgan fingerprint density at radius 3 is 2.79 bits per heavy atom. The van der Waals surface area contributed by atoms with Gasteiger partial charge in [0.25, 0.3) is 0 Å². The first-order chi connectivity index (χ1) is 9.29. The van der Waals surface area contributed by atoms with Gasteiger partial charge in [-0.2, -0.15) is 0 Å². The summed E-state index contributed by atoms with van der Waals surface area (Å²) in [4.78, 5) is 32.5. The molecule has 1 aliphatic heterocycles. The van der Waals surface area contributed by atoms with Crippen molar-refractivity contribution in [3.05, 3.63) is 42.1 Å². The first-order valence-corrected chi connectivity index (χ1v) is 5.95. The minimum absolute atomic E-state index is 0.0388. The van der Waals surface area contributed by atoms with Gasteiger partial charge in [-0.15, -0.1) is 0 Å². The molecule has 94 valence electrons. The second-order valence-corrected chi connectivity index (χ2v) is 4.26. The predicted octanol–water partition coefficient (Wildman–Crippen LogP) is 1.23. The number of aldehydes is 1. The number of amides is 1. The van der Waals surface area contributed by atoms with Gasteiger partial charge in [0.05, 0.1) is 13.0 Å². The van der Waals surface area contributed by atoms with Crippen LogP contribution in [0.2, 0.25) is 0 Å². The number of aromatic nitrogens is 2. The van der Waals surface area contributed by atoms with Gasteiger partial charge in [0, 0.05) is 17.3 Å². The van der Waals surface area contributed by atoms with E-state index in [-0.39, 0.29) is 18.9 Å². The van der Waals surface area contributed by atoms with E-state index >= 15 is 0 Å². The lowest BCUT2D eigenvalue weighted by atomic mass is 10.2. The molecule has 0 saturated carbocycles. The van der Waals surface area contributed by atoms with Gasteiger partial charge in [-0.1, -0.05) is 30.3 Å². The second kappa shape index (κ2) is 4.61. The molecule has 0 N–H and O–H groups in total. The molecule has 0 radical (unpaired) electrons. The maximum absolute atomic E-state index is 11.8. The lowest BCUT2D eigenvalue weighted by Gasteiger charge is -2.13. The fraction of sp³-hybridized carbons (Fsp3) is 0.143. The van der Waals surface area contributed by atoms with E-state index in [0.29, 0.717) is 17.9 Å². The summed E-state index contributed by atoms with van der Waals surface area (Å²) in [6.07, 6.45) is 2.63. The highest BCUT2D eigenvalue weighted by molar-refractivity contribution is 6.02. The second-order valence-electron chi connectivity index (χ2n) is 4.26. The van der Waals surface area contributed by atoms with Gasteiger partial charge in [0.2, 0.25) is 5.91 Å². The Bertz CT molecular complexity index is 640. The fourth-order valence-electron chi connectivity index (χ4n) is 2.12. The van der Waals surface area contributed by atoms with Gasteiger partial charge in [-0.25, -0.2) is 9.97 Å². The summed E-state index contributed by atoms with van der Waals surface area (Å²) in [6.45, 7) is 0.0388. The number of nitrogens with zero attached hydrogens (tertiary/aromatic N) is 3. The Morgan fingerprint density at radius 1 is 1.26 bits per heavy atom. The molecular weight excluding hydrogens is 242 g/mol. The average molecular weight is 253 g/mol. The SMILES string of the molecule is O=CCN1C(=O)Cc2cnc(-c3ccccc3)nc21. The molecule has 0 atom stereocenters. The van der Waals surface area contributed by atoms with Crippen LogP contribution in [0.25, 0.3) is 11.4 Å². The Labute approximate surface area is 109 Å². The van der Waals surface area contributed by atoms with Crippen molar-refractivity contribution in [3.63, 3.8) is 0 Å². The third-order valence-electron chi connectivity index (χ3n) is 3.03. The molecule has 1 aliphatic rings. The van der Waals surface area contributed by atoms with Crippen LogP contribution < -0.4 is 4.90 Å². The number of carbonyl (C=O) groups is 2. The zero-order valence-corrected chi connectivity index (χ0v) is 10.1. The first kappa shape index (κ1) is 11.5. The minimum Gasteiger partial charge on any atom is -0.301 e. The largest absolute Gasteiger partial charge is 0.301 e. The summed E-state index contributed by atoms with van der Waals surface area (Å²) < 4.78 is 0. The summed E-state index contributed by atoms with van der Waals surface area (Å²) in [5.41, 5.74) is 1.65. The van der Waals surface area contributed by atoms with Crippen molar-refractivity contribution >= 4 is 18.0 Å². The van der Waals surface area contributed by atoms with Crippen molar-refractivity contribution in [1.82, 2.24) is 9.97 Å². The molecule has 0 saturated heterocycles.